The number of para-hydroxylation sites is 1. The van der Waals surface area contributed by atoms with Crippen molar-refractivity contribution in [3.8, 4) is 5.75 Å². The molecule has 2 heterocycles. The van der Waals surface area contributed by atoms with E-state index in [-0.39, 0.29) is 18.5 Å². The van der Waals surface area contributed by atoms with Crippen molar-refractivity contribution in [3.63, 3.8) is 0 Å². The molecule has 25 heavy (non-hydrogen) atoms. The van der Waals surface area contributed by atoms with Crippen LogP contribution >= 0.6 is 0 Å². The molecule has 3 amide bonds. The van der Waals surface area contributed by atoms with Crippen molar-refractivity contribution in [2.75, 3.05) is 20.2 Å². The SMILES string of the molecule is C=CCN1CC(=O)N(C(c2ccccc2OC)c2nccn2C)C1=O. The number of carbonyl (C=O) groups excluding carboxylic acids is 2. The van der Waals surface area contributed by atoms with Crippen LogP contribution in [0.25, 0.3) is 0 Å². The molecule has 3 rings (SSSR count). The van der Waals surface area contributed by atoms with Crippen LogP contribution in [0.15, 0.2) is 49.3 Å². The monoisotopic (exact) mass is 340 g/mol. The van der Waals surface area contributed by atoms with E-state index in [2.05, 4.69) is 11.6 Å². The number of ether oxygens (including phenoxy) is 1. The molecule has 7 heteroatoms. The number of imidazole rings is 1. The van der Waals surface area contributed by atoms with Gasteiger partial charge >= 0.3 is 6.03 Å². The third-order valence-electron chi connectivity index (χ3n) is 4.22. The van der Waals surface area contributed by atoms with Crippen molar-refractivity contribution in [1.29, 1.82) is 0 Å². The largest absolute Gasteiger partial charge is 0.496 e. The zero-order valence-electron chi connectivity index (χ0n) is 14.3. The second-order valence-corrected chi connectivity index (χ2v) is 5.76. The zero-order chi connectivity index (χ0) is 18.0. The molecule has 1 unspecified atom stereocenters. The van der Waals surface area contributed by atoms with Crippen LogP contribution in [0.4, 0.5) is 4.79 Å². The van der Waals surface area contributed by atoms with Gasteiger partial charge in [-0.05, 0) is 6.07 Å². The molecule has 2 aromatic rings. The summed E-state index contributed by atoms with van der Waals surface area (Å²) in [5, 5.41) is 0. The quantitative estimate of drug-likeness (QED) is 0.596. The van der Waals surface area contributed by atoms with Gasteiger partial charge in [-0.25, -0.2) is 14.7 Å². The number of rotatable bonds is 6. The summed E-state index contributed by atoms with van der Waals surface area (Å²) in [6.45, 7) is 3.99. The van der Waals surface area contributed by atoms with Gasteiger partial charge in [0.25, 0.3) is 5.91 Å². The van der Waals surface area contributed by atoms with Crippen molar-refractivity contribution in [2.24, 2.45) is 7.05 Å². The molecule has 0 spiro atoms. The van der Waals surface area contributed by atoms with Gasteiger partial charge in [-0.2, -0.15) is 0 Å². The fraction of sp³-hybridized carbons (Fsp3) is 0.278. The van der Waals surface area contributed by atoms with Gasteiger partial charge in [0.2, 0.25) is 0 Å². The Balaban J connectivity index is 2.13. The molecule has 7 nitrogen and oxygen atoms in total. The van der Waals surface area contributed by atoms with Crippen molar-refractivity contribution < 1.29 is 14.3 Å². The van der Waals surface area contributed by atoms with Crippen LogP contribution < -0.4 is 4.74 Å². The molecule has 1 aromatic heterocycles. The summed E-state index contributed by atoms with van der Waals surface area (Å²) < 4.78 is 7.25. The summed E-state index contributed by atoms with van der Waals surface area (Å²) in [4.78, 5) is 32.6. The number of hydrogen-bond donors (Lipinski definition) is 0. The summed E-state index contributed by atoms with van der Waals surface area (Å²) >= 11 is 0. The number of imide groups is 1. The fourth-order valence-corrected chi connectivity index (χ4v) is 3.05. The third-order valence-corrected chi connectivity index (χ3v) is 4.22. The molecule has 0 bridgehead atoms. The van der Waals surface area contributed by atoms with Gasteiger partial charge in [0, 0.05) is 31.5 Å². The Morgan fingerprint density at radius 1 is 1.36 bits per heavy atom. The highest BCUT2D eigenvalue weighted by Gasteiger charge is 2.43. The predicted molar refractivity (Wildman–Crippen MR) is 92.1 cm³/mol. The van der Waals surface area contributed by atoms with Crippen LogP contribution in [0.1, 0.15) is 17.4 Å². The van der Waals surface area contributed by atoms with Crippen molar-refractivity contribution in [2.45, 2.75) is 6.04 Å². The number of carbonyl (C=O) groups is 2. The van der Waals surface area contributed by atoms with Gasteiger partial charge in [0.05, 0.1) is 7.11 Å². The second-order valence-electron chi connectivity index (χ2n) is 5.76. The summed E-state index contributed by atoms with van der Waals surface area (Å²) in [5.74, 6) is 0.913. The maximum absolute atomic E-state index is 12.8. The van der Waals surface area contributed by atoms with E-state index in [1.54, 1.807) is 36.2 Å². The van der Waals surface area contributed by atoms with E-state index in [0.29, 0.717) is 23.7 Å². The molecule has 1 aliphatic heterocycles. The smallest absolute Gasteiger partial charge is 0.328 e. The minimum Gasteiger partial charge on any atom is -0.496 e. The van der Waals surface area contributed by atoms with Crippen molar-refractivity contribution in [1.82, 2.24) is 19.4 Å². The highest BCUT2D eigenvalue weighted by molar-refractivity contribution is 6.02. The zero-order valence-corrected chi connectivity index (χ0v) is 14.3. The first-order chi connectivity index (χ1) is 12.1. The molecule has 130 valence electrons. The molecule has 0 N–H and O–H groups in total. The average molecular weight is 340 g/mol. The van der Waals surface area contributed by atoms with Crippen molar-refractivity contribution in [3.05, 3.63) is 60.7 Å². The molecular formula is C18H20N4O3. The van der Waals surface area contributed by atoms with Crippen LogP contribution in [0.3, 0.4) is 0 Å². The van der Waals surface area contributed by atoms with E-state index in [1.165, 1.54) is 9.80 Å². The average Bonchev–Trinajstić information content (AvgIpc) is 3.14. The first kappa shape index (κ1) is 16.8. The molecule has 1 saturated heterocycles. The van der Waals surface area contributed by atoms with Gasteiger partial charge < -0.3 is 14.2 Å². The van der Waals surface area contributed by atoms with Crippen molar-refractivity contribution >= 4 is 11.9 Å². The lowest BCUT2D eigenvalue weighted by Gasteiger charge is -2.27. The van der Waals surface area contributed by atoms with Crippen LogP contribution in [-0.4, -0.2) is 51.5 Å². The number of benzene rings is 1. The summed E-state index contributed by atoms with van der Waals surface area (Å²) in [5.41, 5.74) is 0.710. The van der Waals surface area contributed by atoms with Crippen LogP contribution in [0.2, 0.25) is 0 Å². The van der Waals surface area contributed by atoms with E-state index in [9.17, 15) is 9.59 Å². The lowest BCUT2D eigenvalue weighted by Crippen LogP contribution is -2.38. The Morgan fingerprint density at radius 3 is 2.76 bits per heavy atom. The number of aromatic nitrogens is 2. The molecule has 1 aromatic carbocycles. The predicted octanol–water partition coefficient (Wildman–Crippen LogP) is 1.97. The number of urea groups is 1. The normalized spacial score (nSPS) is 15.6. The van der Waals surface area contributed by atoms with E-state index < -0.39 is 6.04 Å². The lowest BCUT2D eigenvalue weighted by atomic mass is 10.0. The van der Waals surface area contributed by atoms with Crippen LogP contribution in [-0.2, 0) is 11.8 Å². The van der Waals surface area contributed by atoms with E-state index in [0.717, 1.165) is 0 Å². The number of amides is 3. The Morgan fingerprint density at radius 2 is 2.12 bits per heavy atom. The number of hydrogen-bond acceptors (Lipinski definition) is 4. The molecular weight excluding hydrogens is 320 g/mol. The van der Waals surface area contributed by atoms with Gasteiger partial charge in [-0.3, -0.25) is 4.79 Å². The topological polar surface area (TPSA) is 67.7 Å². The number of nitrogens with zero attached hydrogens (tertiary/aromatic N) is 4. The van der Waals surface area contributed by atoms with E-state index in [1.807, 2.05) is 25.2 Å². The fourth-order valence-electron chi connectivity index (χ4n) is 3.05. The maximum atomic E-state index is 12.8. The summed E-state index contributed by atoms with van der Waals surface area (Å²) in [6, 6.07) is 6.32. The molecule has 0 saturated carbocycles. The summed E-state index contributed by atoms with van der Waals surface area (Å²) in [6.07, 6.45) is 5.03. The van der Waals surface area contributed by atoms with Gasteiger partial charge in [-0.15, -0.1) is 6.58 Å². The first-order valence-corrected chi connectivity index (χ1v) is 7.90. The Bertz CT molecular complexity index is 814. The Kier molecular flexibility index (Phi) is 4.56. The molecule has 1 aliphatic rings. The molecule has 1 fully saturated rings. The van der Waals surface area contributed by atoms with Gasteiger partial charge in [0.15, 0.2) is 0 Å². The van der Waals surface area contributed by atoms with Gasteiger partial charge in [0.1, 0.15) is 24.2 Å². The Hall–Kier alpha value is -3.09. The van der Waals surface area contributed by atoms with Gasteiger partial charge in [-0.1, -0.05) is 24.3 Å². The van der Waals surface area contributed by atoms with Crippen LogP contribution in [0.5, 0.6) is 5.75 Å². The molecule has 0 radical (unpaired) electrons. The highest BCUT2D eigenvalue weighted by Crippen LogP contribution is 2.36. The number of aryl methyl sites for hydroxylation is 1. The maximum Gasteiger partial charge on any atom is 0.328 e. The first-order valence-electron chi connectivity index (χ1n) is 7.90. The highest BCUT2D eigenvalue weighted by atomic mass is 16.5. The number of methoxy groups -OCH3 is 1. The second kappa shape index (κ2) is 6.80. The third kappa shape index (κ3) is 2.88. The summed E-state index contributed by atoms with van der Waals surface area (Å²) in [7, 11) is 3.39. The van der Waals surface area contributed by atoms with Crippen LogP contribution in [0, 0.1) is 0 Å². The van der Waals surface area contributed by atoms with E-state index >= 15 is 0 Å². The standard InChI is InChI=1S/C18H20N4O3/c1-4-10-21-12-15(23)22(18(21)24)16(17-19-9-11-20(17)2)13-7-5-6-8-14(13)25-3/h4-9,11,16H,1,10,12H2,2-3H3. The minimum absolute atomic E-state index is 0.0287. The van der Waals surface area contributed by atoms with E-state index in [4.69, 9.17) is 4.74 Å². The molecule has 1 atom stereocenters. The molecule has 0 aliphatic carbocycles. The lowest BCUT2D eigenvalue weighted by molar-refractivity contribution is -0.126. The minimum atomic E-state index is -0.661. The Labute approximate surface area is 146 Å².